The van der Waals surface area contributed by atoms with Gasteiger partial charge in [-0.3, -0.25) is 10.1 Å². The molecule has 0 saturated carbocycles. The van der Waals surface area contributed by atoms with Crippen LogP contribution in [0, 0.1) is 0 Å². The lowest BCUT2D eigenvalue weighted by Crippen LogP contribution is -2.44. The number of aryl methyl sites for hydroxylation is 1. The van der Waals surface area contributed by atoms with Crippen molar-refractivity contribution in [1.82, 2.24) is 10.6 Å². The van der Waals surface area contributed by atoms with Crippen LogP contribution < -0.4 is 20.1 Å². The summed E-state index contributed by atoms with van der Waals surface area (Å²) in [5.41, 5.74) is 3.34. The van der Waals surface area contributed by atoms with Crippen LogP contribution in [0.1, 0.15) is 56.5 Å². The molecule has 2 aromatic rings. The molecule has 3 unspecified atom stereocenters. The lowest BCUT2D eigenvalue weighted by molar-refractivity contribution is -0.123. The minimum Gasteiger partial charge on any atom is -0.497 e. The maximum atomic E-state index is 12.7. The van der Waals surface area contributed by atoms with Gasteiger partial charge in [0.05, 0.1) is 26.3 Å². The third-order valence-electron chi connectivity index (χ3n) is 5.04. The number of hydrogen-bond donors (Lipinski definition) is 2. The Morgan fingerprint density at radius 2 is 1.64 bits per heavy atom. The maximum Gasteiger partial charge on any atom is 0.237 e. The number of carbonyl (C=O) groups is 1. The SMILES string of the molecule is CCc1ccc(C(C)NC(=O)C(C)NC(C)c2cc(OC)ccc2OC)cc1. The van der Waals surface area contributed by atoms with Gasteiger partial charge in [-0.1, -0.05) is 31.2 Å². The van der Waals surface area contributed by atoms with E-state index >= 15 is 0 Å². The van der Waals surface area contributed by atoms with Crippen LogP contribution in [0.4, 0.5) is 0 Å². The molecular weight excluding hydrogens is 352 g/mol. The van der Waals surface area contributed by atoms with Crippen molar-refractivity contribution >= 4 is 5.91 Å². The molecule has 0 fully saturated rings. The number of ether oxygens (including phenoxy) is 2. The van der Waals surface area contributed by atoms with Crippen LogP contribution in [-0.2, 0) is 11.2 Å². The predicted molar refractivity (Wildman–Crippen MR) is 113 cm³/mol. The molecule has 0 aliphatic heterocycles. The highest BCUT2D eigenvalue weighted by Crippen LogP contribution is 2.29. The van der Waals surface area contributed by atoms with Crippen LogP contribution in [-0.4, -0.2) is 26.2 Å². The molecule has 5 nitrogen and oxygen atoms in total. The Bertz CT molecular complexity index is 774. The van der Waals surface area contributed by atoms with Gasteiger partial charge in [-0.15, -0.1) is 0 Å². The van der Waals surface area contributed by atoms with Gasteiger partial charge in [-0.25, -0.2) is 0 Å². The Morgan fingerprint density at radius 3 is 2.21 bits per heavy atom. The first-order chi connectivity index (χ1) is 13.4. The summed E-state index contributed by atoms with van der Waals surface area (Å²) in [6.45, 7) is 8.01. The van der Waals surface area contributed by atoms with Gasteiger partial charge in [0.2, 0.25) is 5.91 Å². The number of methoxy groups -OCH3 is 2. The molecule has 0 aliphatic rings. The average molecular weight is 385 g/mol. The third kappa shape index (κ3) is 5.49. The molecule has 0 saturated heterocycles. The molecule has 0 bridgehead atoms. The van der Waals surface area contributed by atoms with Crippen LogP contribution in [0.2, 0.25) is 0 Å². The van der Waals surface area contributed by atoms with E-state index < -0.39 is 0 Å². The smallest absolute Gasteiger partial charge is 0.237 e. The van der Waals surface area contributed by atoms with E-state index in [-0.39, 0.29) is 24.0 Å². The summed E-state index contributed by atoms with van der Waals surface area (Å²) in [5.74, 6) is 1.48. The fraction of sp³-hybridized carbons (Fsp3) is 0.435. The van der Waals surface area contributed by atoms with Gasteiger partial charge in [0.1, 0.15) is 11.5 Å². The van der Waals surface area contributed by atoms with Crippen LogP contribution >= 0.6 is 0 Å². The van der Waals surface area contributed by atoms with E-state index in [2.05, 4.69) is 41.8 Å². The van der Waals surface area contributed by atoms with E-state index in [0.717, 1.165) is 29.0 Å². The molecule has 28 heavy (non-hydrogen) atoms. The molecule has 152 valence electrons. The van der Waals surface area contributed by atoms with Crippen molar-refractivity contribution < 1.29 is 14.3 Å². The summed E-state index contributed by atoms with van der Waals surface area (Å²) >= 11 is 0. The van der Waals surface area contributed by atoms with Crippen LogP contribution in [0.15, 0.2) is 42.5 Å². The zero-order chi connectivity index (χ0) is 20.7. The molecule has 5 heteroatoms. The molecule has 3 atom stereocenters. The average Bonchev–Trinajstić information content (AvgIpc) is 2.72. The predicted octanol–water partition coefficient (Wildman–Crippen LogP) is 4.18. The third-order valence-corrected chi connectivity index (χ3v) is 5.04. The van der Waals surface area contributed by atoms with E-state index in [0.29, 0.717) is 0 Å². The summed E-state index contributed by atoms with van der Waals surface area (Å²) in [5, 5.41) is 6.43. The number of carbonyl (C=O) groups excluding carboxylic acids is 1. The van der Waals surface area contributed by atoms with Gasteiger partial charge < -0.3 is 14.8 Å². The topological polar surface area (TPSA) is 59.6 Å². The van der Waals surface area contributed by atoms with Crippen LogP contribution in [0.3, 0.4) is 0 Å². The summed E-state index contributed by atoms with van der Waals surface area (Å²) in [4.78, 5) is 12.7. The molecule has 2 N–H and O–H groups in total. The Labute approximate surface area is 168 Å². The highest BCUT2D eigenvalue weighted by atomic mass is 16.5. The summed E-state index contributed by atoms with van der Waals surface area (Å²) in [6, 6.07) is 13.5. The monoisotopic (exact) mass is 384 g/mol. The van der Waals surface area contributed by atoms with Crippen molar-refractivity contribution in [3.8, 4) is 11.5 Å². The van der Waals surface area contributed by atoms with E-state index in [4.69, 9.17) is 9.47 Å². The normalized spacial score (nSPS) is 14.1. The van der Waals surface area contributed by atoms with Crippen LogP contribution in [0.5, 0.6) is 11.5 Å². The first-order valence-electron chi connectivity index (χ1n) is 9.76. The first kappa shape index (κ1) is 21.8. The van der Waals surface area contributed by atoms with Gasteiger partial charge in [0, 0.05) is 11.6 Å². The van der Waals surface area contributed by atoms with E-state index in [1.54, 1.807) is 14.2 Å². The van der Waals surface area contributed by atoms with Gasteiger partial charge in [0.25, 0.3) is 0 Å². The Kier molecular flexibility index (Phi) is 7.88. The minimum absolute atomic E-state index is 0.0409. The fourth-order valence-corrected chi connectivity index (χ4v) is 3.18. The van der Waals surface area contributed by atoms with Gasteiger partial charge >= 0.3 is 0 Å². The van der Waals surface area contributed by atoms with Crippen molar-refractivity contribution in [2.75, 3.05) is 14.2 Å². The quantitative estimate of drug-likeness (QED) is 0.681. The molecule has 0 aliphatic carbocycles. The minimum atomic E-state index is -0.358. The molecule has 0 aromatic heterocycles. The maximum absolute atomic E-state index is 12.7. The first-order valence-corrected chi connectivity index (χ1v) is 9.76. The number of benzene rings is 2. The Balaban J connectivity index is 2.01. The molecule has 0 spiro atoms. The van der Waals surface area contributed by atoms with Gasteiger partial charge in [-0.2, -0.15) is 0 Å². The van der Waals surface area contributed by atoms with Crippen molar-refractivity contribution in [3.05, 3.63) is 59.2 Å². The lowest BCUT2D eigenvalue weighted by Gasteiger charge is -2.24. The summed E-state index contributed by atoms with van der Waals surface area (Å²) in [7, 11) is 3.27. The molecule has 0 radical (unpaired) electrons. The van der Waals surface area contributed by atoms with Crippen molar-refractivity contribution in [3.63, 3.8) is 0 Å². The molecule has 1 amide bonds. The zero-order valence-corrected chi connectivity index (χ0v) is 17.7. The van der Waals surface area contributed by atoms with Crippen LogP contribution in [0.25, 0.3) is 0 Å². The molecular formula is C23H32N2O3. The second-order valence-corrected chi connectivity index (χ2v) is 7.04. The molecule has 2 rings (SSSR count). The summed E-state index contributed by atoms with van der Waals surface area (Å²) < 4.78 is 10.8. The molecule has 0 heterocycles. The van der Waals surface area contributed by atoms with E-state index in [9.17, 15) is 4.79 Å². The van der Waals surface area contributed by atoms with Gasteiger partial charge in [-0.05, 0) is 56.5 Å². The fourth-order valence-electron chi connectivity index (χ4n) is 3.18. The summed E-state index contributed by atoms with van der Waals surface area (Å²) in [6.07, 6.45) is 1.01. The Hall–Kier alpha value is -2.53. The lowest BCUT2D eigenvalue weighted by atomic mass is 10.0. The number of hydrogen-bond acceptors (Lipinski definition) is 4. The second kappa shape index (κ2) is 10.1. The Morgan fingerprint density at radius 1 is 0.964 bits per heavy atom. The number of amides is 1. The van der Waals surface area contributed by atoms with Crippen molar-refractivity contribution in [1.29, 1.82) is 0 Å². The van der Waals surface area contributed by atoms with Gasteiger partial charge in [0.15, 0.2) is 0 Å². The highest BCUT2D eigenvalue weighted by Gasteiger charge is 2.20. The second-order valence-electron chi connectivity index (χ2n) is 7.04. The van der Waals surface area contributed by atoms with E-state index in [1.165, 1.54) is 5.56 Å². The van der Waals surface area contributed by atoms with E-state index in [1.807, 2.05) is 39.0 Å². The highest BCUT2D eigenvalue weighted by molar-refractivity contribution is 5.81. The molecule has 2 aromatic carbocycles. The van der Waals surface area contributed by atoms with Crippen molar-refractivity contribution in [2.45, 2.75) is 52.2 Å². The largest absolute Gasteiger partial charge is 0.497 e. The number of rotatable bonds is 9. The standard InChI is InChI=1S/C23H32N2O3/c1-7-18-8-10-19(11-9-18)15(2)25-23(26)17(4)24-16(3)21-14-20(27-5)12-13-22(21)28-6/h8-17,24H,7H2,1-6H3,(H,25,26). The van der Waals surface area contributed by atoms with Crippen molar-refractivity contribution in [2.24, 2.45) is 0 Å². The zero-order valence-electron chi connectivity index (χ0n) is 17.7. The number of nitrogens with one attached hydrogen (secondary N) is 2.